The van der Waals surface area contributed by atoms with E-state index in [0.717, 1.165) is 6.33 Å². The summed E-state index contributed by atoms with van der Waals surface area (Å²) >= 11 is 11.8. The molecule has 2 amide bonds. The fourth-order valence-electron chi connectivity index (χ4n) is 2.31. The molecule has 3 aromatic rings. The summed E-state index contributed by atoms with van der Waals surface area (Å²) in [7, 11) is 0. The highest BCUT2D eigenvalue weighted by atomic mass is 35.5. The number of rotatable bonds is 9. The summed E-state index contributed by atoms with van der Waals surface area (Å²) in [6.45, 7) is -0.460. The number of carbonyl (C=O) groups is 2. The van der Waals surface area contributed by atoms with Crippen LogP contribution in [0, 0.1) is 10.1 Å². The van der Waals surface area contributed by atoms with Gasteiger partial charge < -0.3 is 4.74 Å². The maximum Gasteiger partial charge on any atom is 0.356 e. The summed E-state index contributed by atoms with van der Waals surface area (Å²) in [5, 5.41) is 12.1. The van der Waals surface area contributed by atoms with E-state index in [4.69, 9.17) is 27.9 Å². The van der Waals surface area contributed by atoms with Crippen LogP contribution >= 0.6 is 23.2 Å². The molecule has 0 saturated heterocycles. The van der Waals surface area contributed by atoms with Gasteiger partial charge in [-0.25, -0.2) is 9.97 Å². The predicted octanol–water partition coefficient (Wildman–Crippen LogP) is 2.37. The van der Waals surface area contributed by atoms with Crippen LogP contribution in [0.4, 0.5) is 17.3 Å². The molecule has 2 heterocycles. The van der Waals surface area contributed by atoms with E-state index in [9.17, 15) is 19.7 Å². The summed E-state index contributed by atoms with van der Waals surface area (Å²) in [5.41, 5.74) is 8.56. The number of halogens is 2. The molecule has 170 valence electrons. The molecule has 0 unspecified atom stereocenters. The molecule has 0 spiro atoms. The van der Waals surface area contributed by atoms with Crippen molar-refractivity contribution in [1.29, 1.82) is 0 Å². The third kappa shape index (κ3) is 6.38. The van der Waals surface area contributed by atoms with Gasteiger partial charge in [0.1, 0.15) is 17.8 Å². The zero-order valence-corrected chi connectivity index (χ0v) is 17.9. The van der Waals surface area contributed by atoms with Gasteiger partial charge in [0.15, 0.2) is 6.61 Å². The molecule has 15 heteroatoms. The average Bonchev–Trinajstić information content (AvgIpc) is 2.81. The molecule has 0 saturated carbocycles. The molecule has 0 bridgehead atoms. The molecule has 3 rings (SSSR count). The van der Waals surface area contributed by atoms with Gasteiger partial charge in [-0.15, -0.1) is 0 Å². The van der Waals surface area contributed by atoms with Gasteiger partial charge in [-0.2, -0.15) is 0 Å². The van der Waals surface area contributed by atoms with Crippen molar-refractivity contribution >= 4 is 52.3 Å². The van der Waals surface area contributed by atoms with Crippen LogP contribution in [0.25, 0.3) is 0 Å². The van der Waals surface area contributed by atoms with E-state index in [2.05, 4.69) is 36.7 Å². The van der Waals surface area contributed by atoms with Crippen molar-refractivity contribution in [2.75, 3.05) is 17.5 Å². The Morgan fingerprint density at radius 3 is 2.39 bits per heavy atom. The first kappa shape index (κ1) is 23.4. The van der Waals surface area contributed by atoms with Gasteiger partial charge in [0.25, 0.3) is 11.8 Å². The van der Waals surface area contributed by atoms with Crippen LogP contribution in [0.5, 0.6) is 5.75 Å². The number of anilines is 2. The first-order valence-corrected chi connectivity index (χ1v) is 9.70. The summed E-state index contributed by atoms with van der Waals surface area (Å²) in [6.07, 6.45) is 2.40. The van der Waals surface area contributed by atoms with E-state index in [1.165, 1.54) is 30.5 Å². The molecule has 13 nitrogen and oxygen atoms in total. The van der Waals surface area contributed by atoms with Crippen LogP contribution < -0.4 is 26.4 Å². The minimum absolute atomic E-state index is 0.0770. The smallest absolute Gasteiger partial charge is 0.356 e. The number of nitrogens with one attached hydrogen (secondary N) is 4. The van der Waals surface area contributed by atoms with Gasteiger partial charge in [0, 0.05) is 11.2 Å². The van der Waals surface area contributed by atoms with Gasteiger partial charge in [-0.1, -0.05) is 29.3 Å². The topological polar surface area (TPSA) is 173 Å². The van der Waals surface area contributed by atoms with Crippen molar-refractivity contribution < 1.29 is 19.2 Å². The standard InChI is InChI=1S/C18H14Cl2N8O5/c19-10-4-5-13(11(20)7-10)33-8-14(29)24-25-16-15(28(31)32)17(23-9-22-16)26-27-18(30)12-3-1-2-6-21-12/h1-7,9H,8H2,(H,24,29)(H,27,30)(H2,22,23,25,26). The third-order valence-corrected chi connectivity index (χ3v) is 4.30. The monoisotopic (exact) mass is 492 g/mol. The van der Waals surface area contributed by atoms with Gasteiger partial charge in [0.05, 0.1) is 9.95 Å². The van der Waals surface area contributed by atoms with Gasteiger partial charge >= 0.3 is 5.69 Å². The number of hydrogen-bond acceptors (Lipinski definition) is 10. The Morgan fingerprint density at radius 2 is 1.76 bits per heavy atom. The Labute approximate surface area is 195 Å². The van der Waals surface area contributed by atoms with Crippen molar-refractivity contribution in [3.63, 3.8) is 0 Å². The molecular weight excluding hydrogens is 479 g/mol. The lowest BCUT2D eigenvalue weighted by Crippen LogP contribution is -2.35. The normalized spacial score (nSPS) is 10.1. The molecule has 0 aliphatic carbocycles. The van der Waals surface area contributed by atoms with E-state index < -0.39 is 29.0 Å². The molecule has 0 aliphatic rings. The lowest BCUT2D eigenvalue weighted by atomic mass is 10.3. The molecule has 0 radical (unpaired) electrons. The largest absolute Gasteiger partial charge is 0.482 e. The first-order valence-electron chi connectivity index (χ1n) is 8.94. The number of hydrazine groups is 2. The molecule has 0 atom stereocenters. The Balaban J connectivity index is 1.62. The lowest BCUT2D eigenvalue weighted by Gasteiger charge is -2.12. The summed E-state index contributed by atoms with van der Waals surface area (Å²) in [4.78, 5) is 46.2. The number of ether oxygens (including phenoxy) is 1. The van der Waals surface area contributed by atoms with Crippen LogP contribution in [0.3, 0.4) is 0 Å². The van der Waals surface area contributed by atoms with E-state index in [0.29, 0.717) is 5.02 Å². The van der Waals surface area contributed by atoms with Crippen molar-refractivity contribution in [3.8, 4) is 5.75 Å². The van der Waals surface area contributed by atoms with Crippen LogP contribution in [-0.4, -0.2) is 38.3 Å². The highest BCUT2D eigenvalue weighted by Crippen LogP contribution is 2.28. The molecule has 0 fully saturated rings. The zero-order chi connectivity index (χ0) is 23.8. The number of nitrogens with zero attached hydrogens (tertiary/aromatic N) is 4. The molecule has 4 N–H and O–H groups in total. The number of carbonyl (C=O) groups excluding carboxylic acids is 2. The quantitative estimate of drug-likeness (QED) is 0.256. The lowest BCUT2D eigenvalue weighted by molar-refractivity contribution is -0.383. The average molecular weight is 493 g/mol. The molecule has 0 aliphatic heterocycles. The number of nitro groups is 1. The molecule has 1 aromatic carbocycles. The fourth-order valence-corrected chi connectivity index (χ4v) is 2.78. The van der Waals surface area contributed by atoms with E-state index in [1.807, 2.05) is 0 Å². The van der Waals surface area contributed by atoms with Crippen molar-refractivity contribution in [2.45, 2.75) is 0 Å². The maximum atomic E-state index is 12.1. The van der Waals surface area contributed by atoms with Crippen molar-refractivity contribution in [3.05, 3.63) is 74.8 Å². The Hall–Kier alpha value is -4.23. The minimum atomic E-state index is -0.798. The number of pyridine rings is 1. The second-order valence-electron chi connectivity index (χ2n) is 6.01. The summed E-state index contributed by atoms with van der Waals surface area (Å²) < 4.78 is 5.28. The van der Waals surface area contributed by atoms with Gasteiger partial charge in [-0.05, 0) is 30.3 Å². The zero-order valence-electron chi connectivity index (χ0n) is 16.4. The fraction of sp³-hybridized carbons (Fsp3) is 0.0556. The summed E-state index contributed by atoms with van der Waals surface area (Å²) in [6, 6.07) is 9.14. The van der Waals surface area contributed by atoms with Gasteiger partial charge in [0.2, 0.25) is 11.6 Å². The van der Waals surface area contributed by atoms with E-state index in [-0.39, 0.29) is 28.1 Å². The molecular formula is C18H14Cl2N8O5. The number of benzene rings is 1. The maximum absolute atomic E-state index is 12.1. The van der Waals surface area contributed by atoms with Gasteiger partial charge in [-0.3, -0.25) is 46.4 Å². The number of aromatic nitrogens is 3. The Kier molecular flexibility index (Phi) is 7.73. The van der Waals surface area contributed by atoms with Crippen LogP contribution in [-0.2, 0) is 4.79 Å². The van der Waals surface area contributed by atoms with Crippen LogP contribution in [0.15, 0.2) is 48.9 Å². The SMILES string of the molecule is O=C(COc1ccc(Cl)cc1Cl)NNc1ncnc(NNC(=O)c2ccccn2)c1[N+](=O)[O-]. The van der Waals surface area contributed by atoms with Crippen LogP contribution in [0.2, 0.25) is 10.0 Å². The minimum Gasteiger partial charge on any atom is -0.482 e. The highest BCUT2D eigenvalue weighted by molar-refractivity contribution is 6.35. The Morgan fingerprint density at radius 1 is 1.03 bits per heavy atom. The second-order valence-corrected chi connectivity index (χ2v) is 6.85. The van der Waals surface area contributed by atoms with Crippen molar-refractivity contribution in [1.82, 2.24) is 25.8 Å². The van der Waals surface area contributed by atoms with E-state index >= 15 is 0 Å². The highest BCUT2D eigenvalue weighted by Gasteiger charge is 2.24. The number of hydrogen-bond donors (Lipinski definition) is 4. The Bertz CT molecular complexity index is 1180. The third-order valence-electron chi connectivity index (χ3n) is 3.77. The predicted molar refractivity (Wildman–Crippen MR) is 118 cm³/mol. The van der Waals surface area contributed by atoms with Crippen LogP contribution in [0.1, 0.15) is 10.5 Å². The molecule has 33 heavy (non-hydrogen) atoms. The second kappa shape index (κ2) is 10.9. The number of amides is 2. The molecule has 2 aromatic heterocycles. The van der Waals surface area contributed by atoms with Crippen molar-refractivity contribution in [2.24, 2.45) is 0 Å². The summed E-state index contributed by atoms with van der Waals surface area (Å²) in [5.74, 6) is -1.79. The van der Waals surface area contributed by atoms with E-state index in [1.54, 1.807) is 12.1 Å². The first-order chi connectivity index (χ1) is 15.8.